The van der Waals surface area contributed by atoms with Gasteiger partial charge in [-0.15, -0.1) is 11.8 Å². The first kappa shape index (κ1) is 10.7. The molecule has 0 bridgehead atoms. The Morgan fingerprint density at radius 1 is 1.73 bits per heavy atom. The molecule has 82 valence electrons. The molecular formula is C11H16N2OS. The summed E-state index contributed by atoms with van der Waals surface area (Å²) in [5, 5.41) is 4.08. The lowest BCUT2D eigenvalue weighted by atomic mass is 9.96. The largest absolute Gasteiger partial charge is 0.298 e. The molecule has 1 saturated heterocycles. The number of carbonyl (C=O) groups excluding carboxylic acids is 1. The molecule has 1 aliphatic rings. The van der Waals surface area contributed by atoms with Gasteiger partial charge in [0, 0.05) is 19.7 Å². The highest BCUT2D eigenvalue weighted by Gasteiger charge is 2.36. The third-order valence-corrected chi connectivity index (χ3v) is 4.49. The van der Waals surface area contributed by atoms with Crippen molar-refractivity contribution < 1.29 is 4.79 Å². The molecule has 1 aromatic rings. The van der Waals surface area contributed by atoms with E-state index in [0.717, 1.165) is 17.7 Å². The molecule has 0 N–H and O–H groups in total. The van der Waals surface area contributed by atoms with Gasteiger partial charge in [-0.1, -0.05) is 0 Å². The molecule has 1 unspecified atom stereocenters. The zero-order chi connectivity index (χ0) is 10.9. The zero-order valence-corrected chi connectivity index (χ0v) is 10.0. The van der Waals surface area contributed by atoms with Gasteiger partial charge in [0.2, 0.25) is 0 Å². The zero-order valence-electron chi connectivity index (χ0n) is 9.19. The van der Waals surface area contributed by atoms with Crippen molar-refractivity contribution in [2.24, 2.45) is 7.05 Å². The fraction of sp³-hybridized carbons (Fsp3) is 0.636. The molecule has 0 amide bonds. The molecule has 0 aliphatic carbocycles. The molecule has 3 nitrogen and oxygen atoms in total. The Balaban J connectivity index is 2.03. The van der Waals surface area contributed by atoms with E-state index in [1.165, 1.54) is 6.42 Å². The monoisotopic (exact) mass is 224 g/mol. The van der Waals surface area contributed by atoms with Gasteiger partial charge in [-0.05, 0) is 31.1 Å². The number of hydrogen-bond donors (Lipinski definition) is 0. The third-order valence-electron chi connectivity index (χ3n) is 2.93. The van der Waals surface area contributed by atoms with E-state index in [-0.39, 0.29) is 4.75 Å². The van der Waals surface area contributed by atoms with Crippen molar-refractivity contribution in [3.05, 3.63) is 18.0 Å². The molecule has 1 fully saturated rings. The first-order valence-corrected chi connectivity index (χ1v) is 6.23. The lowest BCUT2D eigenvalue weighted by Crippen LogP contribution is -2.30. The smallest absolute Gasteiger partial charge is 0.153 e. The van der Waals surface area contributed by atoms with E-state index in [1.54, 1.807) is 22.6 Å². The standard InChI is InChI=1S/C11H16N2OS/c1-11(4-3-5-15-11)10(14)6-9-7-12-13(2)8-9/h7-8H,3-6H2,1-2H3. The maximum atomic E-state index is 12.1. The summed E-state index contributed by atoms with van der Waals surface area (Å²) in [6.07, 6.45) is 6.41. The van der Waals surface area contributed by atoms with E-state index in [0.29, 0.717) is 12.2 Å². The molecule has 0 saturated carbocycles. The Bertz CT molecular complexity index is 366. The summed E-state index contributed by atoms with van der Waals surface area (Å²) >= 11 is 1.80. The Morgan fingerprint density at radius 3 is 3.07 bits per heavy atom. The van der Waals surface area contributed by atoms with Crippen LogP contribution in [-0.4, -0.2) is 26.1 Å². The fourth-order valence-electron chi connectivity index (χ4n) is 1.93. The molecule has 2 heterocycles. The third kappa shape index (κ3) is 2.25. The van der Waals surface area contributed by atoms with Gasteiger partial charge in [0.05, 0.1) is 10.9 Å². The molecule has 0 radical (unpaired) electrons. The van der Waals surface area contributed by atoms with Gasteiger partial charge in [-0.2, -0.15) is 5.10 Å². The average Bonchev–Trinajstić information content (AvgIpc) is 2.76. The number of aryl methyl sites for hydroxylation is 1. The van der Waals surface area contributed by atoms with Crippen molar-refractivity contribution in [2.75, 3.05) is 5.75 Å². The summed E-state index contributed by atoms with van der Waals surface area (Å²) in [5.74, 6) is 1.47. The predicted octanol–water partition coefficient (Wildman–Crippen LogP) is 1.82. The molecule has 15 heavy (non-hydrogen) atoms. The number of nitrogens with zero attached hydrogens (tertiary/aromatic N) is 2. The minimum Gasteiger partial charge on any atom is -0.298 e. The van der Waals surface area contributed by atoms with Crippen LogP contribution < -0.4 is 0 Å². The fourth-order valence-corrected chi connectivity index (χ4v) is 3.20. The number of Topliss-reactive ketones (excluding diaryl/α,β-unsaturated/α-hetero) is 1. The summed E-state index contributed by atoms with van der Waals surface area (Å²) in [7, 11) is 1.88. The van der Waals surface area contributed by atoms with Gasteiger partial charge in [-0.3, -0.25) is 9.48 Å². The van der Waals surface area contributed by atoms with Crippen LogP contribution in [0.4, 0.5) is 0 Å². The average molecular weight is 224 g/mol. The van der Waals surface area contributed by atoms with Crippen LogP contribution in [0.15, 0.2) is 12.4 Å². The maximum Gasteiger partial charge on any atom is 0.153 e. The van der Waals surface area contributed by atoms with E-state index < -0.39 is 0 Å². The number of ketones is 1. The SMILES string of the molecule is Cn1cc(CC(=O)C2(C)CCCS2)cn1. The number of rotatable bonds is 3. The summed E-state index contributed by atoms with van der Waals surface area (Å²) in [6.45, 7) is 2.07. The molecule has 1 aromatic heterocycles. The summed E-state index contributed by atoms with van der Waals surface area (Å²) in [4.78, 5) is 12.1. The van der Waals surface area contributed by atoms with E-state index in [1.807, 2.05) is 13.2 Å². The normalized spacial score (nSPS) is 25.7. The number of hydrogen-bond acceptors (Lipinski definition) is 3. The highest BCUT2D eigenvalue weighted by Crippen LogP contribution is 2.39. The van der Waals surface area contributed by atoms with Gasteiger partial charge in [0.25, 0.3) is 0 Å². The van der Waals surface area contributed by atoms with Crippen molar-refractivity contribution in [3.8, 4) is 0 Å². The summed E-state index contributed by atoms with van der Waals surface area (Å²) in [5.41, 5.74) is 1.02. The van der Waals surface area contributed by atoms with Crippen molar-refractivity contribution in [3.63, 3.8) is 0 Å². The molecular weight excluding hydrogens is 208 g/mol. The van der Waals surface area contributed by atoms with E-state index in [9.17, 15) is 4.79 Å². The summed E-state index contributed by atoms with van der Waals surface area (Å²) in [6, 6.07) is 0. The van der Waals surface area contributed by atoms with Crippen LogP contribution in [0.5, 0.6) is 0 Å². The highest BCUT2D eigenvalue weighted by molar-refractivity contribution is 8.01. The lowest BCUT2D eigenvalue weighted by molar-refractivity contribution is -0.120. The van der Waals surface area contributed by atoms with Crippen LogP contribution in [0.3, 0.4) is 0 Å². The van der Waals surface area contributed by atoms with Crippen molar-refractivity contribution in [2.45, 2.75) is 30.9 Å². The number of thioether (sulfide) groups is 1. The second-order valence-electron chi connectivity index (χ2n) is 4.31. The molecule has 0 spiro atoms. The van der Waals surface area contributed by atoms with Gasteiger partial charge >= 0.3 is 0 Å². The maximum absolute atomic E-state index is 12.1. The van der Waals surface area contributed by atoms with E-state index in [2.05, 4.69) is 12.0 Å². The van der Waals surface area contributed by atoms with Crippen LogP contribution >= 0.6 is 11.8 Å². The van der Waals surface area contributed by atoms with Crippen molar-refractivity contribution >= 4 is 17.5 Å². The molecule has 1 aliphatic heterocycles. The highest BCUT2D eigenvalue weighted by atomic mass is 32.2. The minimum absolute atomic E-state index is 0.143. The Hall–Kier alpha value is -0.770. The van der Waals surface area contributed by atoms with Crippen LogP contribution in [0, 0.1) is 0 Å². The molecule has 2 rings (SSSR count). The topological polar surface area (TPSA) is 34.9 Å². The van der Waals surface area contributed by atoms with Crippen LogP contribution in [-0.2, 0) is 18.3 Å². The van der Waals surface area contributed by atoms with Crippen molar-refractivity contribution in [1.29, 1.82) is 0 Å². The lowest BCUT2D eigenvalue weighted by Gasteiger charge is -2.20. The van der Waals surface area contributed by atoms with Crippen molar-refractivity contribution in [1.82, 2.24) is 9.78 Å². The summed E-state index contributed by atoms with van der Waals surface area (Å²) < 4.78 is 1.60. The van der Waals surface area contributed by atoms with Gasteiger partial charge in [-0.25, -0.2) is 0 Å². The second-order valence-corrected chi connectivity index (χ2v) is 5.90. The minimum atomic E-state index is -0.143. The number of carbonyl (C=O) groups is 1. The second kappa shape index (κ2) is 4.00. The van der Waals surface area contributed by atoms with E-state index in [4.69, 9.17) is 0 Å². The predicted molar refractivity (Wildman–Crippen MR) is 62.0 cm³/mol. The Kier molecular flexibility index (Phi) is 2.87. The first-order valence-electron chi connectivity index (χ1n) is 5.25. The van der Waals surface area contributed by atoms with Crippen LogP contribution in [0.1, 0.15) is 25.3 Å². The Morgan fingerprint density at radius 2 is 2.53 bits per heavy atom. The van der Waals surface area contributed by atoms with Crippen LogP contribution in [0.2, 0.25) is 0 Å². The first-order chi connectivity index (χ1) is 7.10. The molecule has 0 aromatic carbocycles. The van der Waals surface area contributed by atoms with Gasteiger partial charge < -0.3 is 0 Å². The van der Waals surface area contributed by atoms with E-state index >= 15 is 0 Å². The molecule has 1 atom stereocenters. The molecule has 4 heteroatoms. The Labute approximate surface area is 94.2 Å². The van der Waals surface area contributed by atoms with Crippen LogP contribution in [0.25, 0.3) is 0 Å². The van der Waals surface area contributed by atoms with Gasteiger partial charge in [0.15, 0.2) is 5.78 Å². The van der Waals surface area contributed by atoms with Gasteiger partial charge in [0.1, 0.15) is 0 Å². The quantitative estimate of drug-likeness (QED) is 0.785. The number of aromatic nitrogens is 2.